The van der Waals surface area contributed by atoms with Gasteiger partial charge in [-0.05, 0) is 0 Å². The zero-order valence-corrected chi connectivity index (χ0v) is 4.87. The molecule has 1 rings (SSSR count). The van der Waals surface area contributed by atoms with Crippen LogP contribution in [0.4, 0.5) is 0 Å². The quantitative estimate of drug-likeness (QED) is 0.394. The van der Waals surface area contributed by atoms with Crippen LogP contribution in [0.25, 0.3) is 0 Å². The van der Waals surface area contributed by atoms with Gasteiger partial charge in [0.1, 0.15) is 0 Å². The molecular weight excluding hydrogens is 122 g/mol. The first kappa shape index (κ1) is 6.51. The Bertz CT molecular complexity index is 125. The van der Waals surface area contributed by atoms with Crippen molar-refractivity contribution in [1.29, 1.82) is 0 Å². The van der Waals surface area contributed by atoms with Gasteiger partial charge in [-0.1, -0.05) is 0 Å². The van der Waals surface area contributed by atoms with Crippen molar-refractivity contribution in [3.8, 4) is 0 Å². The van der Waals surface area contributed by atoms with Gasteiger partial charge in [0.25, 0.3) is 0 Å². The van der Waals surface area contributed by atoms with Gasteiger partial charge >= 0.3 is 0 Å². The molecule has 0 spiro atoms. The van der Waals surface area contributed by atoms with Crippen molar-refractivity contribution in [2.75, 3.05) is 6.61 Å². The average molecular weight is 131 g/mol. The highest BCUT2D eigenvalue weighted by atomic mass is 16.3. The van der Waals surface area contributed by atoms with E-state index in [-0.39, 0.29) is 18.9 Å². The van der Waals surface area contributed by atoms with Crippen LogP contribution in [0.1, 0.15) is 6.42 Å². The lowest BCUT2D eigenvalue weighted by Crippen LogP contribution is -2.34. The standard InChI is InChI=1S/C5H9NO3/c7-2-3-4(8)1-5(9)6-3/h3-4,7-8H,1-2H2,(H,6,9). The second kappa shape index (κ2) is 2.33. The Kier molecular flexibility index (Phi) is 1.68. The Morgan fingerprint density at radius 3 is 2.67 bits per heavy atom. The molecule has 1 fully saturated rings. The van der Waals surface area contributed by atoms with Gasteiger partial charge in [0.2, 0.25) is 5.91 Å². The average Bonchev–Trinajstić information content (AvgIpc) is 2.10. The van der Waals surface area contributed by atoms with Crippen molar-refractivity contribution < 1.29 is 15.0 Å². The van der Waals surface area contributed by atoms with E-state index in [0.717, 1.165) is 0 Å². The van der Waals surface area contributed by atoms with E-state index in [9.17, 15) is 4.79 Å². The van der Waals surface area contributed by atoms with Crippen molar-refractivity contribution in [1.82, 2.24) is 5.32 Å². The lowest BCUT2D eigenvalue weighted by Gasteiger charge is -2.08. The summed E-state index contributed by atoms with van der Waals surface area (Å²) in [7, 11) is 0. The van der Waals surface area contributed by atoms with Crippen LogP contribution < -0.4 is 5.32 Å². The molecule has 2 unspecified atom stereocenters. The third-order valence-corrected chi connectivity index (χ3v) is 1.40. The molecule has 52 valence electrons. The molecule has 0 saturated carbocycles. The molecule has 9 heavy (non-hydrogen) atoms. The monoisotopic (exact) mass is 131 g/mol. The SMILES string of the molecule is O=C1CC(O)C(CO)N1. The van der Waals surface area contributed by atoms with Gasteiger partial charge < -0.3 is 15.5 Å². The summed E-state index contributed by atoms with van der Waals surface area (Å²) >= 11 is 0. The first-order chi connectivity index (χ1) is 4.24. The third-order valence-electron chi connectivity index (χ3n) is 1.40. The number of rotatable bonds is 1. The summed E-state index contributed by atoms with van der Waals surface area (Å²) in [6.07, 6.45) is -0.590. The van der Waals surface area contributed by atoms with Crippen molar-refractivity contribution >= 4 is 5.91 Å². The molecule has 0 aromatic rings. The summed E-state index contributed by atoms with van der Waals surface area (Å²) in [6, 6.07) is -0.447. The number of carbonyl (C=O) groups excluding carboxylic acids is 1. The number of carbonyl (C=O) groups is 1. The van der Waals surface area contributed by atoms with E-state index in [1.165, 1.54) is 0 Å². The predicted octanol–water partition coefficient (Wildman–Crippen LogP) is -1.77. The molecule has 4 nitrogen and oxygen atoms in total. The summed E-state index contributed by atoms with van der Waals surface area (Å²) < 4.78 is 0. The molecule has 1 aliphatic heterocycles. The molecule has 1 heterocycles. The fourth-order valence-electron chi connectivity index (χ4n) is 0.861. The van der Waals surface area contributed by atoms with Crippen LogP contribution in [-0.4, -0.2) is 34.9 Å². The minimum Gasteiger partial charge on any atom is -0.394 e. The smallest absolute Gasteiger partial charge is 0.223 e. The number of aliphatic hydroxyl groups is 2. The van der Waals surface area contributed by atoms with Gasteiger partial charge in [-0.15, -0.1) is 0 Å². The van der Waals surface area contributed by atoms with Crippen LogP contribution in [0, 0.1) is 0 Å². The van der Waals surface area contributed by atoms with Crippen molar-refractivity contribution in [3.05, 3.63) is 0 Å². The summed E-state index contributed by atoms with van der Waals surface area (Å²) in [6.45, 7) is -0.188. The maximum absolute atomic E-state index is 10.4. The first-order valence-electron chi connectivity index (χ1n) is 2.82. The van der Waals surface area contributed by atoms with E-state index in [1.807, 2.05) is 0 Å². The van der Waals surface area contributed by atoms with E-state index in [0.29, 0.717) is 0 Å². The van der Waals surface area contributed by atoms with Crippen LogP contribution in [0.15, 0.2) is 0 Å². The van der Waals surface area contributed by atoms with Crippen LogP contribution >= 0.6 is 0 Å². The number of hydrogen-bond acceptors (Lipinski definition) is 3. The summed E-state index contributed by atoms with van der Waals surface area (Å²) in [5.41, 5.74) is 0. The second-order valence-electron chi connectivity index (χ2n) is 2.13. The van der Waals surface area contributed by atoms with E-state index < -0.39 is 12.1 Å². The normalized spacial score (nSPS) is 34.7. The van der Waals surface area contributed by atoms with E-state index in [2.05, 4.69) is 5.32 Å². The summed E-state index contributed by atoms with van der Waals surface area (Å²) in [5, 5.41) is 19.8. The topological polar surface area (TPSA) is 69.6 Å². The minimum absolute atomic E-state index is 0.116. The van der Waals surface area contributed by atoms with Gasteiger partial charge in [0.15, 0.2) is 0 Å². The number of amides is 1. The highest BCUT2D eigenvalue weighted by Crippen LogP contribution is 2.06. The Morgan fingerprint density at radius 1 is 1.78 bits per heavy atom. The zero-order chi connectivity index (χ0) is 6.85. The number of hydrogen-bond donors (Lipinski definition) is 3. The molecule has 3 N–H and O–H groups in total. The van der Waals surface area contributed by atoms with Gasteiger partial charge in [-0.3, -0.25) is 4.79 Å². The Hall–Kier alpha value is -0.610. The molecule has 0 bridgehead atoms. The van der Waals surface area contributed by atoms with Crippen molar-refractivity contribution in [2.24, 2.45) is 0 Å². The van der Waals surface area contributed by atoms with Crippen LogP contribution in [0.2, 0.25) is 0 Å². The van der Waals surface area contributed by atoms with E-state index in [1.54, 1.807) is 0 Å². The fraction of sp³-hybridized carbons (Fsp3) is 0.800. The molecule has 1 aliphatic rings. The van der Waals surface area contributed by atoms with E-state index in [4.69, 9.17) is 10.2 Å². The molecule has 1 saturated heterocycles. The van der Waals surface area contributed by atoms with Crippen LogP contribution in [-0.2, 0) is 4.79 Å². The molecule has 4 heteroatoms. The number of nitrogens with one attached hydrogen (secondary N) is 1. The molecular formula is C5H9NO3. The Balaban J connectivity index is 2.47. The molecule has 0 aromatic heterocycles. The van der Waals surface area contributed by atoms with Gasteiger partial charge in [0.05, 0.1) is 25.2 Å². The maximum Gasteiger partial charge on any atom is 0.223 e. The van der Waals surface area contributed by atoms with Crippen molar-refractivity contribution in [2.45, 2.75) is 18.6 Å². The lowest BCUT2D eigenvalue weighted by atomic mass is 10.2. The molecule has 0 aromatic carbocycles. The molecule has 2 atom stereocenters. The Morgan fingerprint density at radius 2 is 2.44 bits per heavy atom. The van der Waals surface area contributed by atoms with Gasteiger partial charge in [-0.2, -0.15) is 0 Å². The zero-order valence-electron chi connectivity index (χ0n) is 4.87. The lowest BCUT2D eigenvalue weighted by molar-refractivity contribution is -0.119. The van der Waals surface area contributed by atoms with Gasteiger partial charge in [0, 0.05) is 0 Å². The molecule has 0 radical (unpaired) electrons. The largest absolute Gasteiger partial charge is 0.394 e. The maximum atomic E-state index is 10.4. The third kappa shape index (κ3) is 1.20. The predicted molar refractivity (Wildman–Crippen MR) is 29.6 cm³/mol. The Labute approximate surface area is 52.5 Å². The first-order valence-corrected chi connectivity index (χ1v) is 2.82. The van der Waals surface area contributed by atoms with Crippen LogP contribution in [0.5, 0.6) is 0 Å². The molecule has 1 amide bonds. The van der Waals surface area contributed by atoms with Gasteiger partial charge in [-0.25, -0.2) is 0 Å². The fourth-order valence-corrected chi connectivity index (χ4v) is 0.861. The highest BCUT2D eigenvalue weighted by molar-refractivity contribution is 5.79. The molecule has 0 aliphatic carbocycles. The minimum atomic E-state index is -0.706. The van der Waals surface area contributed by atoms with Crippen LogP contribution in [0.3, 0.4) is 0 Å². The number of aliphatic hydroxyl groups excluding tert-OH is 2. The summed E-state index contributed by atoms with van der Waals surface area (Å²) in [5.74, 6) is -0.193. The highest BCUT2D eigenvalue weighted by Gasteiger charge is 2.29. The van der Waals surface area contributed by atoms with Crippen molar-refractivity contribution in [3.63, 3.8) is 0 Å². The summed E-state index contributed by atoms with van der Waals surface area (Å²) in [4.78, 5) is 10.4. The van der Waals surface area contributed by atoms with E-state index >= 15 is 0 Å². The second-order valence-corrected chi connectivity index (χ2v) is 2.13.